The van der Waals surface area contributed by atoms with Crippen LogP contribution >= 0.6 is 0 Å². The second kappa shape index (κ2) is 10.1. The number of rotatable bonds is 7. The fraction of sp³-hybridized carbons (Fsp3) is 0.440. The number of ether oxygens (including phenoxy) is 1. The molecule has 170 valence electrons. The summed E-state index contributed by atoms with van der Waals surface area (Å²) < 4.78 is 6.13. The van der Waals surface area contributed by atoms with Crippen LogP contribution < -0.4 is 15.4 Å². The van der Waals surface area contributed by atoms with Crippen LogP contribution in [0.15, 0.2) is 49.1 Å². The van der Waals surface area contributed by atoms with Gasteiger partial charge in [0.1, 0.15) is 17.8 Å². The van der Waals surface area contributed by atoms with Crippen molar-refractivity contribution in [3.63, 3.8) is 0 Å². The number of anilines is 1. The zero-order chi connectivity index (χ0) is 22.5. The summed E-state index contributed by atoms with van der Waals surface area (Å²) in [5.41, 5.74) is 7.45. The Kier molecular flexibility index (Phi) is 7.07. The topological polar surface area (TPSA) is 91.9 Å². The molecule has 0 radical (unpaired) electrons. The third-order valence-electron chi connectivity index (χ3n) is 6.35. The molecule has 1 saturated heterocycles. The second-order valence-electron chi connectivity index (χ2n) is 8.50. The normalized spacial score (nSPS) is 18.8. The lowest BCUT2D eigenvalue weighted by atomic mass is 9.98. The van der Waals surface area contributed by atoms with Gasteiger partial charge in [-0.3, -0.25) is 9.69 Å². The molecule has 1 aromatic heterocycles. The molecule has 2 aliphatic rings. The maximum atomic E-state index is 12.1. The van der Waals surface area contributed by atoms with Crippen molar-refractivity contribution >= 4 is 11.7 Å². The molecule has 0 bridgehead atoms. The van der Waals surface area contributed by atoms with E-state index < -0.39 is 12.1 Å². The summed E-state index contributed by atoms with van der Waals surface area (Å²) in [6, 6.07) is 11.3. The molecule has 1 amide bonds. The van der Waals surface area contributed by atoms with Crippen molar-refractivity contribution in [2.75, 3.05) is 31.1 Å². The van der Waals surface area contributed by atoms with Gasteiger partial charge in [-0.1, -0.05) is 13.0 Å². The highest BCUT2D eigenvalue weighted by Crippen LogP contribution is 2.29. The van der Waals surface area contributed by atoms with Crippen LogP contribution in [0.2, 0.25) is 0 Å². The van der Waals surface area contributed by atoms with Crippen LogP contribution in [0.25, 0.3) is 11.3 Å². The van der Waals surface area contributed by atoms with E-state index in [-0.39, 0.29) is 6.10 Å². The summed E-state index contributed by atoms with van der Waals surface area (Å²) in [6.45, 7) is 6.51. The fourth-order valence-corrected chi connectivity index (χ4v) is 4.48. The molecular formula is C25H32N4O3. The van der Waals surface area contributed by atoms with Gasteiger partial charge in [-0.25, -0.2) is 4.98 Å². The third kappa shape index (κ3) is 5.11. The number of hydrogen-bond donors (Lipinski definition) is 2. The van der Waals surface area contributed by atoms with Crippen molar-refractivity contribution in [2.24, 2.45) is 5.73 Å². The predicted octanol–water partition coefficient (Wildman–Crippen LogP) is 3.19. The number of aromatic nitrogens is 1. The van der Waals surface area contributed by atoms with Crippen molar-refractivity contribution in [3.8, 4) is 17.0 Å². The number of carbonyl (C=O) groups is 1. The molecule has 1 unspecified atom stereocenters. The number of benzene rings is 1. The number of amides is 1. The van der Waals surface area contributed by atoms with Gasteiger partial charge in [-0.2, -0.15) is 0 Å². The van der Waals surface area contributed by atoms with Gasteiger partial charge < -0.3 is 20.5 Å². The Balaban J connectivity index is 1.52. The Morgan fingerprint density at radius 1 is 1.09 bits per heavy atom. The number of primary amides is 1. The first-order chi connectivity index (χ1) is 15.5. The molecular weight excluding hydrogens is 404 g/mol. The summed E-state index contributed by atoms with van der Waals surface area (Å²) in [5, 5.41) is 9.97. The van der Waals surface area contributed by atoms with Crippen LogP contribution in [0.5, 0.6) is 5.75 Å². The van der Waals surface area contributed by atoms with Crippen LogP contribution in [-0.2, 0) is 0 Å². The summed E-state index contributed by atoms with van der Waals surface area (Å²) in [6.07, 6.45) is 7.14. The number of nitrogens with zero attached hydrogens (tertiary/aromatic N) is 3. The molecule has 1 aliphatic carbocycles. The quantitative estimate of drug-likeness (QED) is 0.648. The van der Waals surface area contributed by atoms with Gasteiger partial charge in [-0.05, 0) is 68.2 Å². The minimum absolute atomic E-state index is 0.288. The molecule has 1 aromatic carbocycles. The van der Waals surface area contributed by atoms with Gasteiger partial charge in [0.15, 0.2) is 0 Å². The second-order valence-corrected chi connectivity index (χ2v) is 8.50. The average Bonchev–Trinajstić information content (AvgIpc) is 2.84. The first kappa shape index (κ1) is 22.3. The molecule has 4 rings (SSSR count). The van der Waals surface area contributed by atoms with E-state index in [0.29, 0.717) is 24.3 Å². The van der Waals surface area contributed by atoms with Crippen molar-refractivity contribution in [3.05, 3.63) is 54.6 Å². The summed E-state index contributed by atoms with van der Waals surface area (Å²) in [4.78, 5) is 21.0. The van der Waals surface area contributed by atoms with E-state index in [9.17, 15) is 9.90 Å². The highest BCUT2D eigenvalue weighted by molar-refractivity contribution is 5.99. The van der Waals surface area contributed by atoms with Crippen molar-refractivity contribution < 1.29 is 14.6 Å². The van der Waals surface area contributed by atoms with E-state index in [1.807, 2.05) is 35.2 Å². The van der Waals surface area contributed by atoms with Gasteiger partial charge in [0, 0.05) is 31.7 Å². The highest BCUT2D eigenvalue weighted by atomic mass is 16.5. The monoisotopic (exact) mass is 436 g/mol. The number of nitrogens with two attached hydrogens (primary N) is 1. The maximum Gasteiger partial charge on any atom is 0.250 e. The van der Waals surface area contributed by atoms with Crippen molar-refractivity contribution in [1.29, 1.82) is 0 Å². The lowest BCUT2D eigenvalue weighted by Gasteiger charge is -2.37. The van der Waals surface area contributed by atoms with Crippen LogP contribution in [-0.4, -0.2) is 59.4 Å². The summed E-state index contributed by atoms with van der Waals surface area (Å²) in [5.74, 6) is 1.13. The molecule has 1 atom stereocenters. The van der Waals surface area contributed by atoms with E-state index in [4.69, 9.17) is 15.5 Å². The van der Waals surface area contributed by atoms with Gasteiger partial charge in [0.2, 0.25) is 0 Å². The lowest BCUT2D eigenvalue weighted by Crippen LogP contribution is -2.50. The van der Waals surface area contributed by atoms with Gasteiger partial charge >= 0.3 is 0 Å². The Bertz CT molecular complexity index is 933. The molecule has 2 fully saturated rings. The highest BCUT2D eigenvalue weighted by Gasteiger charge is 2.23. The SMILES string of the molecule is C=CC(O)N1CCN(c2ccc(C(N)=O)c(-c3ccc(OC4CCCCC4)cc3)n2)CC1. The molecule has 2 heterocycles. The number of pyridine rings is 1. The first-order valence-corrected chi connectivity index (χ1v) is 11.4. The number of carbonyl (C=O) groups excluding carboxylic acids is 1. The van der Waals surface area contributed by atoms with E-state index in [1.165, 1.54) is 25.3 Å². The zero-order valence-corrected chi connectivity index (χ0v) is 18.4. The largest absolute Gasteiger partial charge is 0.490 e. The molecule has 1 aliphatic heterocycles. The maximum absolute atomic E-state index is 12.1. The van der Waals surface area contributed by atoms with E-state index in [1.54, 1.807) is 6.07 Å². The summed E-state index contributed by atoms with van der Waals surface area (Å²) in [7, 11) is 0. The Morgan fingerprint density at radius 2 is 1.78 bits per heavy atom. The molecule has 7 nitrogen and oxygen atoms in total. The third-order valence-corrected chi connectivity index (χ3v) is 6.35. The first-order valence-electron chi connectivity index (χ1n) is 11.4. The average molecular weight is 437 g/mol. The minimum atomic E-state index is -0.632. The van der Waals surface area contributed by atoms with Crippen LogP contribution in [0.3, 0.4) is 0 Å². The Morgan fingerprint density at radius 3 is 2.41 bits per heavy atom. The Labute approximate surface area is 189 Å². The molecule has 2 aromatic rings. The predicted molar refractivity (Wildman–Crippen MR) is 126 cm³/mol. The Hall–Kier alpha value is -2.90. The standard InChI is InChI=1S/C25H32N4O3/c1-2-23(30)29-16-14-28(15-17-29)22-13-12-21(25(26)31)24(27-22)18-8-10-20(11-9-18)32-19-6-4-3-5-7-19/h2,8-13,19,23,30H,1,3-7,14-17H2,(H2,26,31). The molecule has 7 heteroatoms. The van der Waals surface area contributed by atoms with Crippen LogP contribution in [0.1, 0.15) is 42.5 Å². The number of hydrogen-bond acceptors (Lipinski definition) is 6. The summed E-state index contributed by atoms with van der Waals surface area (Å²) >= 11 is 0. The van der Waals surface area contributed by atoms with Crippen LogP contribution in [0, 0.1) is 0 Å². The number of piperazine rings is 1. The molecule has 32 heavy (non-hydrogen) atoms. The van der Waals surface area contributed by atoms with E-state index in [0.717, 1.165) is 43.1 Å². The van der Waals surface area contributed by atoms with Crippen molar-refractivity contribution in [2.45, 2.75) is 44.4 Å². The minimum Gasteiger partial charge on any atom is -0.490 e. The van der Waals surface area contributed by atoms with Crippen LogP contribution in [0.4, 0.5) is 5.82 Å². The van der Waals surface area contributed by atoms with Gasteiger partial charge in [0.05, 0.1) is 17.4 Å². The van der Waals surface area contributed by atoms with Gasteiger partial charge in [-0.15, -0.1) is 0 Å². The smallest absolute Gasteiger partial charge is 0.250 e. The number of aliphatic hydroxyl groups excluding tert-OH is 1. The fourth-order valence-electron chi connectivity index (χ4n) is 4.48. The zero-order valence-electron chi connectivity index (χ0n) is 18.4. The number of aliphatic hydroxyl groups is 1. The van der Waals surface area contributed by atoms with Crippen molar-refractivity contribution in [1.82, 2.24) is 9.88 Å². The van der Waals surface area contributed by atoms with Gasteiger partial charge in [0.25, 0.3) is 5.91 Å². The van der Waals surface area contributed by atoms with E-state index >= 15 is 0 Å². The molecule has 3 N–H and O–H groups in total. The molecule has 0 spiro atoms. The molecule has 1 saturated carbocycles. The lowest BCUT2D eigenvalue weighted by molar-refractivity contribution is 0.0379. The van der Waals surface area contributed by atoms with E-state index in [2.05, 4.69) is 11.5 Å².